The molecule has 0 radical (unpaired) electrons. The predicted molar refractivity (Wildman–Crippen MR) is 84.6 cm³/mol. The number of aromatic nitrogens is 1. The molecule has 1 unspecified atom stereocenters. The summed E-state index contributed by atoms with van der Waals surface area (Å²) in [7, 11) is 0. The Morgan fingerprint density at radius 1 is 1.24 bits per heavy atom. The van der Waals surface area contributed by atoms with E-state index in [1.165, 1.54) is 0 Å². The molecule has 1 aromatic carbocycles. The molecule has 1 aromatic heterocycles. The van der Waals surface area contributed by atoms with Gasteiger partial charge in [-0.3, -0.25) is 9.37 Å². The van der Waals surface area contributed by atoms with Gasteiger partial charge in [0.1, 0.15) is 0 Å². The van der Waals surface area contributed by atoms with E-state index >= 15 is 0 Å². The molecule has 0 spiro atoms. The summed E-state index contributed by atoms with van der Waals surface area (Å²) in [4.78, 5) is 4.10. The van der Waals surface area contributed by atoms with Gasteiger partial charge >= 0.3 is 0 Å². The number of nitriles is 1. The first-order chi connectivity index (χ1) is 10.2. The molecule has 0 aliphatic carbocycles. The fourth-order valence-corrected chi connectivity index (χ4v) is 2.75. The molecule has 0 aliphatic rings. The van der Waals surface area contributed by atoms with Crippen molar-refractivity contribution in [2.75, 3.05) is 6.67 Å². The van der Waals surface area contributed by atoms with Crippen molar-refractivity contribution in [1.29, 1.82) is 5.26 Å². The van der Waals surface area contributed by atoms with Crippen molar-refractivity contribution in [2.24, 2.45) is 0 Å². The highest BCUT2D eigenvalue weighted by atomic mass is 79.9. The lowest BCUT2D eigenvalue weighted by Gasteiger charge is -2.27. The largest absolute Gasteiger partial charge is 0.264 e. The van der Waals surface area contributed by atoms with Crippen LogP contribution >= 0.6 is 15.9 Å². The van der Waals surface area contributed by atoms with E-state index < -0.39 is 12.1 Å². The third-order valence-electron chi connectivity index (χ3n) is 3.58. The Morgan fingerprint density at radius 2 is 2.00 bits per heavy atom. The van der Waals surface area contributed by atoms with Crippen molar-refractivity contribution < 1.29 is 4.39 Å². The van der Waals surface area contributed by atoms with Crippen LogP contribution in [0.25, 0.3) is 0 Å². The van der Waals surface area contributed by atoms with Gasteiger partial charge in [0, 0.05) is 16.9 Å². The van der Waals surface area contributed by atoms with Gasteiger partial charge in [-0.2, -0.15) is 5.26 Å². The Bertz CT molecular complexity index is 607. The molecule has 0 saturated carbocycles. The van der Waals surface area contributed by atoms with Gasteiger partial charge in [-0.15, -0.1) is 0 Å². The van der Waals surface area contributed by atoms with Crippen LogP contribution in [0.15, 0.2) is 53.3 Å². The van der Waals surface area contributed by atoms with Gasteiger partial charge in [-0.05, 0) is 48.6 Å². The maximum atomic E-state index is 12.6. The maximum Gasteiger partial charge on any atom is 0.0895 e. The summed E-state index contributed by atoms with van der Waals surface area (Å²) in [6.07, 6.45) is 4.89. The monoisotopic (exact) mass is 346 g/mol. The topological polar surface area (TPSA) is 36.7 Å². The molecule has 0 fully saturated rings. The predicted octanol–water partition coefficient (Wildman–Crippen LogP) is 4.60. The normalized spacial score (nSPS) is 13.4. The molecule has 1 heterocycles. The molecular weight excluding hydrogens is 331 g/mol. The van der Waals surface area contributed by atoms with Crippen molar-refractivity contribution in [1.82, 2.24) is 4.98 Å². The second-order valence-electron chi connectivity index (χ2n) is 5.03. The first-order valence-corrected chi connectivity index (χ1v) is 7.62. The quantitative estimate of drug-likeness (QED) is 0.766. The Hall–Kier alpha value is -1.73. The molecule has 4 heteroatoms. The number of hydrogen-bond donors (Lipinski definition) is 0. The minimum atomic E-state index is -0.712. The summed E-state index contributed by atoms with van der Waals surface area (Å²) in [5.41, 5.74) is 1.20. The SMILES string of the molecule is N#CC(CCCF)(Cc1cccnc1)c1ccc(Br)cc1. The molecule has 0 aliphatic heterocycles. The minimum absolute atomic E-state index is 0.379. The summed E-state index contributed by atoms with van der Waals surface area (Å²) in [6, 6.07) is 13.9. The first-order valence-electron chi connectivity index (χ1n) is 6.82. The number of hydrogen-bond acceptors (Lipinski definition) is 2. The third kappa shape index (κ3) is 3.89. The van der Waals surface area contributed by atoms with Crippen LogP contribution in [0.2, 0.25) is 0 Å². The summed E-state index contributed by atoms with van der Waals surface area (Å²) >= 11 is 3.40. The van der Waals surface area contributed by atoms with Crippen LogP contribution < -0.4 is 0 Å². The number of rotatable bonds is 6. The molecule has 0 N–H and O–H groups in total. The van der Waals surface area contributed by atoms with Crippen LogP contribution in [0.4, 0.5) is 4.39 Å². The van der Waals surface area contributed by atoms with Crippen molar-refractivity contribution in [3.05, 3.63) is 64.4 Å². The van der Waals surface area contributed by atoms with Gasteiger partial charge in [0.2, 0.25) is 0 Å². The van der Waals surface area contributed by atoms with Crippen LogP contribution in [-0.4, -0.2) is 11.7 Å². The minimum Gasteiger partial charge on any atom is -0.264 e. The lowest BCUT2D eigenvalue weighted by Crippen LogP contribution is -2.27. The second kappa shape index (κ2) is 7.33. The van der Waals surface area contributed by atoms with Crippen molar-refractivity contribution >= 4 is 15.9 Å². The average molecular weight is 347 g/mol. The van der Waals surface area contributed by atoms with E-state index in [1.807, 2.05) is 36.4 Å². The fourth-order valence-electron chi connectivity index (χ4n) is 2.48. The van der Waals surface area contributed by atoms with Crippen LogP contribution in [-0.2, 0) is 11.8 Å². The van der Waals surface area contributed by atoms with E-state index in [0.717, 1.165) is 15.6 Å². The van der Waals surface area contributed by atoms with Crippen LogP contribution in [0, 0.1) is 11.3 Å². The van der Waals surface area contributed by atoms with Gasteiger partial charge in [0.25, 0.3) is 0 Å². The molecule has 0 bridgehead atoms. The van der Waals surface area contributed by atoms with Gasteiger partial charge < -0.3 is 0 Å². The zero-order chi connectivity index (χ0) is 15.1. The van der Waals surface area contributed by atoms with Crippen LogP contribution in [0.1, 0.15) is 24.0 Å². The Labute approximate surface area is 132 Å². The molecular formula is C17H16BrFN2. The van der Waals surface area contributed by atoms with Crippen LogP contribution in [0.5, 0.6) is 0 Å². The Balaban J connectivity index is 2.38. The van der Waals surface area contributed by atoms with E-state index in [1.54, 1.807) is 12.4 Å². The number of alkyl halides is 1. The lowest BCUT2D eigenvalue weighted by atomic mass is 9.74. The summed E-state index contributed by atoms with van der Waals surface area (Å²) in [5, 5.41) is 9.78. The summed E-state index contributed by atoms with van der Waals surface area (Å²) in [5.74, 6) is 0. The number of pyridine rings is 1. The number of nitrogens with zero attached hydrogens (tertiary/aromatic N) is 2. The standard InChI is InChI=1S/C17H16BrFN2/c18-16-6-4-15(5-7-16)17(13-20,8-2-9-19)11-14-3-1-10-21-12-14/h1,3-7,10,12H,2,8-9,11H2. The van der Waals surface area contributed by atoms with E-state index in [0.29, 0.717) is 19.3 Å². The van der Waals surface area contributed by atoms with E-state index in [9.17, 15) is 9.65 Å². The summed E-state index contributed by atoms with van der Waals surface area (Å²) in [6.45, 7) is -0.410. The average Bonchev–Trinajstić information content (AvgIpc) is 2.53. The molecule has 2 nitrogen and oxygen atoms in total. The highest BCUT2D eigenvalue weighted by molar-refractivity contribution is 9.10. The number of halogens is 2. The first kappa shape index (κ1) is 15.7. The molecule has 0 saturated heterocycles. The highest BCUT2D eigenvalue weighted by Crippen LogP contribution is 2.33. The maximum absolute atomic E-state index is 12.6. The second-order valence-corrected chi connectivity index (χ2v) is 5.95. The molecule has 2 rings (SSSR count). The van der Waals surface area contributed by atoms with Crippen molar-refractivity contribution in [3.63, 3.8) is 0 Å². The van der Waals surface area contributed by atoms with Gasteiger partial charge in [-0.1, -0.05) is 34.1 Å². The van der Waals surface area contributed by atoms with E-state index in [2.05, 4.69) is 27.0 Å². The summed E-state index contributed by atoms with van der Waals surface area (Å²) < 4.78 is 13.6. The Kier molecular flexibility index (Phi) is 5.46. The van der Waals surface area contributed by atoms with Gasteiger partial charge in [0.05, 0.1) is 18.2 Å². The lowest BCUT2D eigenvalue weighted by molar-refractivity contribution is 0.404. The van der Waals surface area contributed by atoms with E-state index in [-0.39, 0.29) is 0 Å². The van der Waals surface area contributed by atoms with Gasteiger partial charge in [0.15, 0.2) is 0 Å². The molecule has 108 valence electrons. The molecule has 21 heavy (non-hydrogen) atoms. The van der Waals surface area contributed by atoms with Crippen LogP contribution in [0.3, 0.4) is 0 Å². The van der Waals surface area contributed by atoms with Gasteiger partial charge in [-0.25, -0.2) is 0 Å². The zero-order valence-corrected chi connectivity index (χ0v) is 13.2. The third-order valence-corrected chi connectivity index (χ3v) is 4.11. The molecule has 0 amide bonds. The fraction of sp³-hybridized carbons (Fsp3) is 0.294. The molecule has 2 aromatic rings. The van der Waals surface area contributed by atoms with Crippen molar-refractivity contribution in [2.45, 2.75) is 24.7 Å². The molecule has 1 atom stereocenters. The zero-order valence-electron chi connectivity index (χ0n) is 11.6. The van der Waals surface area contributed by atoms with Crippen molar-refractivity contribution in [3.8, 4) is 6.07 Å². The van der Waals surface area contributed by atoms with E-state index in [4.69, 9.17) is 0 Å². The highest BCUT2D eigenvalue weighted by Gasteiger charge is 2.32. The number of benzene rings is 1. The smallest absolute Gasteiger partial charge is 0.0895 e. The Morgan fingerprint density at radius 3 is 2.57 bits per heavy atom.